The SMILES string of the molecule is COCCN(CCCN)C(=O)O[C@@]12CCC(=O)[C@@H]3Oc4c(O)ccc5c4[C@@]31CCN(CC1CC1)[C@@H]2C5. The highest BCUT2D eigenvalue weighted by Gasteiger charge is 2.75. The first-order chi connectivity index (χ1) is 17.4. The molecule has 0 unspecified atom stereocenters. The number of phenols is 1. The number of benzene rings is 1. The van der Waals surface area contributed by atoms with Crippen LogP contribution < -0.4 is 10.5 Å². The average molecular weight is 500 g/mol. The molecule has 1 amide bonds. The number of ketones is 1. The van der Waals surface area contributed by atoms with Gasteiger partial charge in [0.1, 0.15) is 5.60 Å². The average Bonchev–Trinajstić information content (AvgIpc) is 3.61. The molecular weight excluding hydrogens is 462 g/mol. The van der Waals surface area contributed by atoms with Crippen LogP contribution in [0.15, 0.2) is 12.1 Å². The second-order valence-electron chi connectivity index (χ2n) is 11.2. The van der Waals surface area contributed by atoms with Gasteiger partial charge in [-0.3, -0.25) is 9.69 Å². The third-order valence-electron chi connectivity index (χ3n) is 9.24. The summed E-state index contributed by atoms with van der Waals surface area (Å²) in [5, 5.41) is 10.7. The van der Waals surface area contributed by atoms with Crippen LogP contribution >= 0.6 is 0 Å². The number of ether oxygens (including phenoxy) is 3. The number of nitrogens with zero attached hydrogens (tertiary/aromatic N) is 2. The molecule has 196 valence electrons. The smallest absolute Gasteiger partial charge is 0.410 e. The van der Waals surface area contributed by atoms with Crippen molar-refractivity contribution in [3.8, 4) is 11.5 Å². The van der Waals surface area contributed by atoms with Gasteiger partial charge in [0.25, 0.3) is 0 Å². The van der Waals surface area contributed by atoms with Crippen molar-refractivity contribution in [3.05, 3.63) is 23.3 Å². The molecule has 2 heterocycles. The summed E-state index contributed by atoms with van der Waals surface area (Å²) >= 11 is 0. The Hall–Kier alpha value is -2.36. The number of likely N-dealkylation sites (tertiary alicyclic amines) is 1. The maximum Gasteiger partial charge on any atom is 0.410 e. The van der Waals surface area contributed by atoms with Crippen molar-refractivity contribution >= 4 is 11.9 Å². The molecule has 3 N–H and O–H groups in total. The predicted molar refractivity (Wildman–Crippen MR) is 131 cm³/mol. The molecule has 36 heavy (non-hydrogen) atoms. The summed E-state index contributed by atoms with van der Waals surface area (Å²) in [6.07, 6.45) is 4.13. The van der Waals surface area contributed by atoms with E-state index in [1.54, 1.807) is 18.1 Å². The Morgan fingerprint density at radius 2 is 2.14 bits per heavy atom. The summed E-state index contributed by atoms with van der Waals surface area (Å²) in [7, 11) is 1.61. The highest BCUT2D eigenvalue weighted by atomic mass is 16.6. The molecule has 2 saturated carbocycles. The molecule has 5 aliphatic rings. The quantitative estimate of drug-likeness (QED) is 0.530. The van der Waals surface area contributed by atoms with Gasteiger partial charge in [-0.1, -0.05) is 6.07 Å². The number of piperidine rings is 1. The molecule has 2 aliphatic heterocycles. The summed E-state index contributed by atoms with van der Waals surface area (Å²) < 4.78 is 18.3. The number of Topliss-reactive ketones (excluding diaryl/α,β-unsaturated/α-hetero) is 1. The summed E-state index contributed by atoms with van der Waals surface area (Å²) in [4.78, 5) is 31.4. The van der Waals surface area contributed by atoms with Gasteiger partial charge < -0.3 is 30.0 Å². The summed E-state index contributed by atoms with van der Waals surface area (Å²) in [6.45, 7) is 3.59. The van der Waals surface area contributed by atoms with Crippen LogP contribution in [0.4, 0.5) is 4.79 Å². The standard InChI is InChI=1S/C27H37N3O6/c1-34-14-13-29(11-2-10-28)25(33)36-27-8-7-20(32)24-26(27)9-12-30(16-17-3-4-17)21(27)15-18-5-6-19(31)23(35-24)22(18)26/h5-6,17,21,24,31H,2-4,7-16,28H2,1H3/t21-,24+,26+,27-/m1/s1. The number of amides is 1. The monoisotopic (exact) mass is 499 g/mol. The van der Waals surface area contributed by atoms with Gasteiger partial charge in [-0.05, 0) is 69.2 Å². The third kappa shape index (κ3) is 3.39. The lowest BCUT2D eigenvalue weighted by Crippen LogP contribution is -2.78. The number of rotatable bonds is 9. The lowest BCUT2D eigenvalue weighted by atomic mass is 9.48. The number of carbonyl (C=O) groups is 2. The van der Waals surface area contributed by atoms with Gasteiger partial charge in [-0.2, -0.15) is 0 Å². The van der Waals surface area contributed by atoms with Crippen molar-refractivity contribution < 1.29 is 28.9 Å². The molecule has 1 spiro atoms. The van der Waals surface area contributed by atoms with Gasteiger partial charge in [-0.25, -0.2) is 4.79 Å². The van der Waals surface area contributed by atoms with Crippen LogP contribution in [-0.4, -0.2) is 91.0 Å². The highest BCUT2D eigenvalue weighted by Crippen LogP contribution is 2.66. The van der Waals surface area contributed by atoms with Crippen LogP contribution in [0.25, 0.3) is 0 Å². The van der Waals surface area contributed by atoms with Gasteiger partial charge in [-0.15, -0.1) is 0 Å². The second-order valence-corrected chi connectivity index (χ2v) is 11.2. The minimum atomic E-state index is -0.907. The Labute approximate surface area is 211 Å². The number of carbonyl (C=O) groups excluding carboxylic acids is 2. The summed E-state index contributed by atoms with van der Waals surface area (Å²) in [5.41, 5.74) is 6.04. The Morgan fingerprint density at radius 1 is 1.31 bits per heavy atom. The first-order valence-corrected chi connectivity index (χ1v) is 13.4. The van der Waals surface area contributed by atoms with E-state index in [1.165, 1.54) is 12.8 Å². The zero-order valence-electron chi connectivity index (χ0n) is 21.0. The number of hydrogen-bond acceptors (Lipinski definition) is 8. The van der Waals surface area contributed by atoms with Gasteiger partial charge in [0, 0.05) is 38.7 Å². The molecule has 0 aromatic heterocycles. The maximum absolute atomic E-state index is 13.8. The number of phenolic OH excluding ortho intramolecular Hbond substituents is 1. The van der Waals surface area contributed by atoms with Gasteiger partial charge in [0.05, 0.1) is 18.1 Å². The largest absolute Gasteiger partial charge is 0.504 e. The molecule has 3 aliphatic carbocycles. The van der Waals surface area contributed by atoms with E-state index >= 15 is 0 Å². The van der Waals surface area contributed by atoms with Crippen molar-refractivity contribution in [1.29, 1.82) is 0 Å². The van der Waals surface area contributed by atoms with Crippen LogP contribution in [0, 0.1) is 5.92 Å². The molecule has 4 atom stereocenters. The highest BCUT2D eigenvalue weighted by molar-refractivity contribution is 5.90. The van der Waals surface area contributed by atoms with E-state index in [9.17, 15) is 14.7 Å². The van der Waals surface area contributed by atoms with Crippen molar-refractivity contribution in [1.82, 2.24) is 9.80 Å². The topological polar surface area (TPSA) is 115 Å². The number of methoxy groups -OCH3 is 1. The first kappa shape index (κ1) is 24.0. The fourth-order valence-corrected chi connectivity index (χ4v) is 7.44. The molecule has 2 bridgehead atoms. The van der Waals surface area contributed by atoms with Crippen LogP contribution in [0.1, 0.15) is 49.7 Å². The first-order valence-electron chi connectivity index (χ1n) is 13.4. The second kappa shape index (κ2) is 8.89. The number of hydrogen-bond donors (Lipinski definition) is 2. The van der Waals surface area contributed by atoms with Crippen LogP contribution in [0.3, 0.4) is 0 Å². The summed E-state index contributed by atoms with van der Waals surface area (Å²) in [6, 6.07) is 3.59. The predicted octanol–water partition coefficient (Wildman–Crippen LogP) is 1.97. The van der Waals surface area contributed by atoms with Crippen LogP contribution in [-0.2, 0) is 26.1 Å². The van der Waals surface area contributed by atoms with Gasteiger partial charge in [0.15, 0.2) is 23.4 Å². The van der Waals surface area contributed by atoms with E-state index in [0.29, 0.717) is 70.0 Å². The van der Waals surface area contributed by atoms with Crippen molar-refractivity contribution in [2.24, 2.45) is 11.7 Å². The molecule has 1 saturated heterocycles. The van der Waals surface area contributed by atoms with Crippen LogP contribution in [0.2, 0.25) is 0 Å². The van der Waals surface area contributed by atoms with E-state index < -0.39 is 17.1 Å². The Kier molecular flexibility index (Phi) is 5.92. The van der Waals surface area contributed by atoms with Gasteiger partial charge >= 0.3 is 6.09 Å². The molecule has 3 fully saturated rings. The fourth-order valence-electron chi connectivity index (χ4n) is 7.44. The summed E-state index contributed by atoms with van der Waals surface area (Å²) in [5.74, 6) is 1.17. The minimum absolute atomic E-state index is 0.0267. The molecule has 9 heteroatoms. The Balaban J connectivity index is 1.45. The molecule has 1 aromatic carbocycles. The van der Waals surface area contributed by atoms with Gasteiger partial charge in [0.2, 0.25) is 0 Å². The molecule has 6 rings (SSSR count). The minimum Gasteiger partial charge on any atom is -0.504 e. The normalized spacial score (nSPS) is 32.1. The van der Waals surface area contributed by atoms with E-state index in [0.717, 1.165) is 24.2 Å². The van der Waals surface area contributed by atoms with E-state index in [1.807, 2.05) is 6.07 Å². The lowest BCUT2D eigenvalue weighted by molar-refractivity contribution is -0.192. The number of aromatic hydroxyl groups is 1. The molecule has 9 nitrogen and oxygen atoms in total. The van der Waals surface area contributed by atoms with Crippen molar-refractivity contribution in [2.75, 3.05) is 46.4 Å². The maximum atomic E-state index is 13.8. The zero-order valence-corrected chi connectivity index (χ0v) is 21.0. The molecule has 1 aromatic rings. The fraction of sp³-hybridized carbons (Fsp3) is 0.704. The zero-order chi connectivity index (χ0) is 25.1. The van der Waals surface area contributed by atoms with Crippen molar-refractivity contribution in [3.63, 3.8) is 0 Å². The Bertz CT molecular complexity index is 1050. The van der Waals surface area contributed by atoms with Crippen molar-refractivity contribution in [2.45, 2.75) is 68.1 Å². The van der Waals surface area contributed by atoms with E-state index in [-0.39, 0.29) is 23.7 Å². The lowest BCUT2D eigenvalue weighted by Gasteiger charge is -2.63. The third-order valence-corrected chi connectivity index (χ3v) is 9.24. The molecular formula is C27H37N3O6. The Morgan fingerprint density at radius 3 is 2.89 bits per heavy atom. The number of nitrogens with two attached hydrogens (primary N) is 1. The molecule has 0 radical (unpaired) electrons. The van der Waals surface area contributed by atoms with Crippen LogP contribution in [0.5, 0.6) is 11.5 Å². The van der Waals surface area contributed by atoms with E-state index in [4.69, 9.17) is 19.9 Å². The van der Waals surface area contributed by atoms with E-state index in [2.05, 4.69) is 4.90 Å².